The van der Waals surface area contributed by atoms with Crippen LogP contribution in [0, 0.1) is 0 Å². The van der Waals surface area contributed by atoms with Crippen molar-refractivity contribution in [1.82, 2.24) is 0 Å². The SMILES string of the molecule is CCOC(=O)C1=C(OC/C=C/c2ccc(C(F)(F)F)cc2)CCC1. The zero-order valence-corrected chi connectivity index (χ0v) is 13.4. The van der Waals surface area contributed by atoms with Crippen molar-refractivity contribution in [3.8, 4) is 0 Å². The van der Waals surface area contributed by atoms with Crippen LogP contribution in [0.1, 0.15) is 37.3 Å². The predicted molar refractivity (Wildman–Crippen MR) is 83.9 cm³/mol. The molecule has 6 heteroatoms. The fourth-order valence-electron chi connectivity index (χ4n) is 2.43. The largest absolute Gasteiger partial charge is 0.493 e. The van der Waals surface area contributed by atoms with E-state index in [1.54, 1.807) is 19.1 Å². The lowest BCUT2D eigenvalue weighted by atomic mass is 10.1. The zero-order valence-electron chi connectivity index (χ0n) is 13.4. The van der Waals surface area contributed by atoms with Gasteiger partial charge in [-0.1, -0.05) is 18.2 Å². The van der Waals surface area contributed by atoms with E-state index in [9.17, 15) is 18.0 Å². The van der Waals surface area contributed by atoms with Crippen LogP contribution < -0.4 is 0 Å². The number of carbonyl (C=O) groups excluding carboxylic acids is 1. The molecule has 3 nitrogen and oxygen atoms in total. The highest BCUT2D eigenvalue weighted by atomic mass is 19.4. The zero-order chi connectivity index (χ0) is 17.6. The number of allylic oxidation sites excluding steroid dienone is 1. The number of rotatable bonds is 6. The van der Waals surface area contributed by atoms with Crippen molar-refractivity contribution in [2.45, 2.75) is 32.4 Å². The molecule has 0 radical (unpaired) electrons. The topological polar surface area (TPSA) is 35.5 Å². The van der Waals surface area contributed by atoms with Crippen LogP contribution in [-0.4, -0.2) is 19.2 Å². The van der Waals surface area contributed by atoms with Gasteiger partial charge in [-0.15, -0.1) is 0 Å². The summed E-state index contributed by atoms with van der Waals surface area (Å²) in [6.45, 7) is 2.32. The number of benzene rings is 1. The Morgan fingerprint density at radius 3 is 2.54 bits per heavy atom. The van der Waals surface area contributed by atoms with Gasteiger partial charge in [-0.2, -0.15) is 13.2 Å². The van der Waals surface area contributed by atoms with Crippen LogP contribution in [0.3, 0.4) is 0 Å². The van der Waals surface area contributed by atoms with Crippen LogP contribution in [0.4, 0.5) is 13.2 Å². The van der Waals surface area contributed by atoms with Gasteiger partial charge >= 0.3 is 12.1 Å². The summed E-state index contributed by atoms with van der Waals surface area (Å²) in [7, 11) is 0. The number of hydrogen-bond acceptors (Lipinski definition) is 3. The van der Waals surface area contributed by atoms with Crippen LogP contribution in [-0.2, 0) is 20.4 Å². The van der Waals surface area contributed by atoms with Gasteiger partial charge in [-0.25, -0.2) is 4.79 Å². The fourth-order valence-corrected chi connectivity index (χ4v) is 2.43. The van der Waals surface area contributed by atoms with Gasteiger partial charge in [-0.3, -0.25) is 0 Å². The normalized spacial score (nSPS) is 15.2. The summed E-state index contributed by atoms with van der Waals surface area (Å²) in [5, 5.41) is 0. The van der Waals surface area contributed by atoms with E-state index < -0.39 is 11.7 Å². The van der Waals surface area contributed by atoms with Gasteiger partial charge in [0.1, 0.15) is 12.4 Å². The molecule has 0 aromatic heterocycles. The van der Waals surface area contributed by atoms with Gasteiger partial charge in [0.25, 0.3) is 0 Å². The molecule has 0 unspecified atom stereocenters. The van der Waals surface area contributed by atoms with E-state index in [0.717, 1.165) is 18.6 Å². The molecular formula is C18H19F3O3. The van der Waals surface area contributed by atoms with Crippen LogP contribution in [0.25, 0.3) is 6.08 Å². The summed E-state index contributed by atoms with van der Waals surface area (Å²) < 4.78 is 48.0. The molecule has 0 aliphatic heterocycles. The molecule has 1 aliphatic carbocycles. The average molecular weight is 340 g/mol. The van der Waals surface area contributed by atoms with Crippen molar-refractivity contribution in [2.75, 3.05) is 13.2 Å². The van der Waals surface area contributed by atoms with Crippen molar-refractivity contribution in [3.63, 3.8) is 0 Å². The summed E-state index contributed by atoms with van der Waals surface area (Å²) in [5.74, 6) is 0.308. The second-order valence-electron chi connectivity index (χ2n) is 5.31. The molecule has 0 spiro atoms. The third-order valence-electron chi connectivity index (χ3n) is 3.59. The fraction of sp³-hybridized carbons (Fsp3) is 0.389. The Balaban J connectivity index is 1.90. The van der Waals surface area contributed by atoms with Gasteiger partial charge in [-0.05, 0) is 43.5 Å². The highest BCUT2D eigenvalue weighted by molar-refractivity contribution is 5.89. The monoisotopic (exact) mass is 340 g/mol. The highest BCUT2D eigenvalue weighted by Crippen LogP contribution is 2.29. The maximum Gasteiger partial charge on any atom is 0.416 e. The Hall–Kier alpha value is -2.24. The Labute approximate surface area is 138 Å². The van der Waals surface area contributed by atoms with Crippen molar-refractivity contribution in [1.29, 1.82) is 0 Å². The van der Waals surface area contributed by atoms with Crippen molar-refractivity contribution >= 4 is 12.0 Å². The molecule has 2 rings (SSSR count). The molecule has 24 heavy (non-hydrogen) atoms. The van der Waals surface area contributed by atoms with Crippen LogP contribution in [0.5, 0.6) is 0 Å². The first-order valence-electron chi connectivity index (χ1n) is 7.77. The van der Waals surface area contributed by atoms with Gasteiger partial charge < -0.3 is 9.47 Å². The molecule has 0 saturated carbocycles. The van der Waals surface area contributed by atoms with E-state index in [-0.39, 0.29) is 12.6 Å². The molecule has 0 amide bonds. The second kappa shape index (κ2) is 8.04. The van der Waals surface area contributed by atoms with E-state index in [0.29, 0.717) is 36.3 Å². The van der Waals surface area contributed by atoms with Crippen LogP contribution in [0.15, 0.2) is 41.7 Å². The lowest BCUT2D eigenvalue weighted by Gasteiger charge is -2.08. The quantitative estimate of drug-likeness (QED) is 0.702. The highest BCUT2D eigenvalue weighted by Gasteiger charge is 2.29. The minimum atomic E-state index is -4.33. The van der Waals surface area contributed by atoms with Crippen molar-refractivity contribution < 1.29 is 27.4 Å². The Kier molecular flexibility index (Phi) is 6.06. The molecule has 1 aromatic carbocycles. The lowest BCUT2D eigenvalue weighted by molar-refractivity contribution is -0.139. The smallest absolute Gasteiger partial charge is 0.416 e. The molecule has 1 aromatic rings. The van der Waals surface area contributed by atoms with Crippen molar-refractivity contribution in [3.05, 3.63) is 52.8 Å². The Bertz CT molecular complexity index is 628. The Morgan fingerprint density at radius 1 is 1.21 bits per heavy atom. The van der Waals surface area contributed by atoms with Crippen LogP contribution >= 0.6 is 0 Å². The number of halogens is 3. The third kappa shape index (κ3) is 4.88. The van der Waals surface area contributed by atoms with Gasteiger partial charge in [0, 0.05) is 6.42 Å². The van der Waals surface area contributed by atoms with E-state index in [2.05, 4.69) is 0 Å². The third-order valence-corrected chi connectivity index (χ3v) is 3.59. The first-order valence-corrected chi connectivity index (χ1v) is 7.77. The van der Waals surface area contributed by atoms with Gasteiger partial charge in [0.2, 0.25) is 0 Å². The summed E-state index contributed by atoms with van der Waals surface area (Å²) in [4.78, 5) is 11.8. The molecule has 0 heterocycles. The average Bonchev–Trinajstić information content (AvgIpc) is 3.00. The number of ether oxygens (including phenoxy) is 2. The van der Waals surface area contributed by atoms with E-state index >= 15 is 0 Å². The number of alkyl halides is 3. The second-order valence-corrected chi connectivity index (χ2v) is 5.31. The summed E-state index contributed by atoms with van der Waals surface area (Å²) in [6, 6.07) is 4.88. The van der Waals surface area contributed by atoms with E-state index in [4.69, 9.17) is 9.47 Å². The predicted octanol–water partition coefficient (Wildman–Crippen LogP) is 4.74. The molecule has 0 saturated heterocycles. The van der Waals surface area contributed by atoms with Gasteiger partial charge in [0.15, 0.2) is 0 Å². The minimum Gasteiger partial charge on any atom is -0.493 e. The molecule has 0 fully saturated rings. The molecule has 0 atom stereocenters. The summed E-state index contributed by atoms with van der Waals surface area (Å²) in [5.41, 5.74) is 0.559. The van der Waals surface area contributed by atoms with Crippen LogP contribution in [0.2, 0.25) is 0 Å². The summed E-state index contributed by atoms with van der Waals surface area (Å²) >= 11 is 0. The number of esters is 1. The molecule has 1 aliphatic rings. The van der Waals surface area contributed by atoms with Crippen molar-refractivity contribution in [2.24, 2.45) is 0 Å². The molecule has 0 bridgehead atoms. The first kappa shape index (κ1) is 18.1. The number of hydrogen-bond donors (Lipinski definition) is 0. The lowest BCUT2D eigenvalue weighted by Crippen LogP contribution is -2.08. The van der Waals surface area contributed by atoms with E-state index in [1.807, 2.05) is 0 Å². The standard InChI is InChI=1S/C18H19F3O3/c1-2-23-17(22)15-6-3-7-16(15)24-12-4-5-13-8-10-14(11-9-13)18(19,20)21/h4-5,8-11H,2-3,6-7,12H2,1H3/b5-4+. The summed E-state index contributed by atoms with van der Waals surface area (Å²) in [6.07, 6.45) is 1.26. The minimum absolute atomic E-state index is 0.249. The molecule has 130 valence electrons. The first-order chi connectivity index (χ1) is 11.4. The Morgan fingerprint density at radius 2 is 1.92 bits per heavy atom. The maximum absolute atomic E-state index is 12.5. The van der Waals surface area contributed by atoms with Gasteiger partial charge in [0.05, 0.1) is 17.7 Å². The molecular weight excluding hydrogens is 321 g/mol. The maximum atomic E-state index is 12.5. The molecule has 0 N–H and O–H groups in total. The number of carbonyl (C=O) groups is 1. The van der Waals surface area contributed by atoms with E-state index in [1.165, 1.54) is 12.1 Å².